The van der Waals surface area contributed by atoms with Gasteiger partial charge >= 0.3 is 0 Å². The van der Waals surface area contributed by atoms with Crippen LogP contribution in [-0.2, 0) is 0 Å². The molecule has 0 unspecified atom stereocenters. The van der Waals surface area contributed by atoms with Crippen LogP contribution < -0.4 is 0 Å². The van der Waals surface area contributed by atoms with Gasteiger partial charge in [-0.15, -0.1) is 0 Å². The molecule has 1 aromatic carbocycles. The number of carbonyl (C=O) groups excluding carboxylic acids is 1. The number of benzene rings is 1. The normalized spacial score (nSPS) is 19.2. The number of rotatable bonds is 2. The van der Waals surface area contributed by atoms with Crippen molar-refractivity contribution < 1.29 is 13.6 Å². The zero-order valence-corrected chi connectivity index (χ0v) is 17.9. The molecule has 10 heteroatoms. The molecule has 2 aromatic heterocycles. The van der Waals surface area contributed by atoms with E-state index in [2.05, 4.69) is 46.9 Å². The second-order valence-corrected chi connectivity index (χ2v) is 8.73. The lowest BCUT2D eigenvalue weighted by molar-refractivity contribution is -0.0641. The van der Waals surface area contributed by atoms with Crippen molar-refractivity contribution in [2.45, 2.75) is 25.2 Å². The van der Waals surface area contributed by atoms with Crippen molar-refractivity contribution in [3.8, 4) is 0 Å². The van der Waals surface area contributed by atoms with Crippen LogP contribution >= 0.6 is 31.9 Å². The maximum Gasteiger partial charge on any atom is 0.266 e. The molecular formula is C18H15Br2F2N5O. The number of amides is 1. The third kappa shape index (κ3) is 3.80. The van der Waals surface area contributed by atoms with E-state index in [9.17, 15) is 13.6 Å². The van der Waals surface area contributed by atoms with E-state index in [4.69, 9.17) is 0 Å². The van der Waals surface area contributed by atoms with Gasteiger partial charge in [0.15, 0.2) is 0 Å². The number of halogens is 4. The van der Waals surface area contributed by atoms with Gasteiger partial charge in [-0.1, -0.05) is 31.9 Å². The minimum Gasteiger partial charge on any atom is -0.332 e. The van der Waals surface area contributed by atoms with Crippen LogP contribution in [-0.4, -0.2) is 49.4 Å². The molecule has 1 amide bonds. The maximum atomic E-state index is 14.6. The number of hydrogen-bond donors (Lipinski definition) is 0. The zero-order chi connectivity index (χ0) is 20.1. The Labute approximate surface area is 176 Å². The van der Waals surface area contributed by atoms with Gasteiger partial charge in [0.25, 0.3) is 17.6 Å². The van der Waals surface area contributed by atoms with Crippen molar-refractivity contribution in [3.05, 3.63) is 56.5 Å². The molecule has 1 fully saturated rings. The van der Waals surface area contributed by atoms with Crippen LogP contribution in [0.2, 0.25) is 0 Å². The molecule has 0 bridgehead atoms. The fourth-order valence-electron chi connectivity index (χ4n) is 3.56. The third-order valence-corrected chi connectivity index (χ3v) is 5.55. The molecular weight excluding hydrogens is 500 g/mol. The molecule has 0 radical (unpaired) electrons. The first kappa shape index (κ1) is 19.4. The van der Waals surface area contributed by atoms with Gasteiger partial charge in [-0.2, -0.15) is 10.1 Å². The van der Waals surface area contributed by atoms with Crippen LogP contribution in [0.3, 0.4) is 0 Å². The van der Waals surface area contributed by atoms with Crippen LogP contribution in [0, 0.1) is 6.92 Å². The van der Waals surface area contributed by atoms with Gasteiger partial charge in [0.2, 0.25) is 0 Å². The van der Waals surface area contributed by atoms with Crippen molar-refractivity contribution in [2.75, 3.05) is 13.1 Å². The van der Waals surface area contributed by atoms with E-state index in [0.717, 1.165) is 0 Å². The highest BCUT2D eigenvalue weighted by Crippen LogP contribution is 2.37. The molecule has 1 aliphatic heterocycles. The van der Waals surface area contributed by atoms with Crippen molar-refractivity contribution in [3.63, 3.8) is 0 Å². The van der Waals surface area contributed by atoms with Gasteiger partial charge in [-0.25, -0.2) is 18.3 Å². The summed E-state index contributed by atoms with van der Waals surface area (Å²) in [5, 5.41) is 4.12. The summed E-state index contributed by atoms with van der Waals surface area (Å²) in [5.41, 5.74) is 1.58. The largest absolute Gasteiger partial charge is 0.332 e. The minimum atomic E-state index is -3.01. The Morgan fingerprint density at radius 3 is 2.64 bits per heavy atom. The second-order valence-electron chi connectivity index (χ2n) is 6.90. The lowest BCUT2D eigenvalue weighted by Gasteiger charge is -2.37. The average Bonchev–Trinajstić information content (AvgIpc) is 3.06. The van der Waals surface area contributed by atoms with E-state index in [1.54, 1.807) is 31.2 Å². The van der Waals surface area contributed by atoms with Crippen LogP contribution in [0.15, 0.2) is 39.5 Å². The summed E-state index contributed by atoms with van der Waals surface area (Å²) in [5.74, 6) is -3.68. The van der Waals surface area contributed by atoms with E-state index in [1.165, 1.54) is 15.7 Å². The summed E-state index contributed by atoms with van der Waals surface area (Å²) in [7, 11) is 0. The van der Waals surface area contributed by atoms with Gasteiger partial charge in [0.05, 0.1) is 12.2 Å². The summed E-state index contributed by atoms with van der Waals surface area (Å²) in [4.78, 5) is 22.5. The Kier molecular flexibility index (Phi) is 4.95. The summed E-state index contributed by atoms with van der Waals surface area (Å²) in [6, 6.07) is 6.76. The SMILES string of the molecule is Cc1cc([C@@H]2CN(C(=O)c3cc(Br)cc(Br)c3)CC(F)(F)C2)n2ncnc2n1. The molecule has 1 saturated heterocycles. The molecule has 0 N–H and O–H groups in total. The van der Waals surface area contributed by atoms with E-state index in [-0.39, 0.29) is 13.0 Å². The molecule has 3 heterocycles. The van der Waals surface area contributed by atoms with Gasteiger partial charge in [0.1, 0.15) is 6.33 Å². The summed E-state index contributed by atoms with van der Waals surface area (Å²) in [6.45, 7) is 1.33. The Hall–Kier alpha value is -1.94. The summed E-state index contributed by atoms with van der Waals surface area (Å²) < 4.78 is 32.0. The minimum absolute atomic E-state index is 0.164. The molecule has 146 valence electrons. The molecule has 0 spiro atoms. The van der Waals surface area contributed by atoms with Crippen LogP contribution in [0.1, 0.15) is 34.1 Å². The quantitative estimate of drug-likeness (QED) is 0.513. The first-order valence-electron chi connectivity index (χ1n) is 8.52. The Bertz CT molecular complexity index is 1050. The molecule has 0 saturated carbocycles. The molecule has 3 aromatic rings. The summed E-state index contributed by atoms with van der Waals surface area (Å²) in [6.07, 6.45) is 0.978. The average molecular weight is 515 g/mol. The van der Waals surface area contributed by atoms with Gasteiger partial charge in [-0.3, -0.25) is 4.79 Å². The fraction of sp³-hybridized carbons (Fsp3) is 0.333. The van der Waals surface area contributed by atoms with Crippen LogP contribution in [0.25, 0.3) is 5.78 Å². The Balaban J connectivity index is 1.71. The number of aryl methyl sites for hydroxylation is 1. The fourth-order valence-corrected chi connectivity index (χ4v) is 4.86. The molecule has 0 aliphatic carbocycles. The van der Waals surface area contributed by atoms with Crippen molar-refractivity contribution in [1.82, 2.24) is 24.5 Å². The van der Waals surface area contributed by atoms with Gasteiger partial charge < -0.3 is 4.90 Å². The zero-order valence-electron chi connectivity index (χ0n) is 14.7. The van der Waals surface area contributed by atoms with E-state index in [1.807, 2.05) is 0 Å². The highest BCUT2D eigenvalue weighted by molar-refractivity contribution is 9.11. The van der Waals surface area contributed by atoms with Crippen molar-refractivity contribution >= 4 is 43.5 Å². The first-order valence-corrected chi connectivity index (χ1v) is 10.1. The standard InChI is InChI=1S/C18H15Br2F2N5O/c1-10-2-15(27-17(25-10)23-9-24-27)12-6-18(21,22)8-26(7-12)16(28)11-3-13(19)5-14(20)4-11/h2-5,9,12H,6-8H2,1H3/t12-/m0/s1. The molecule has 1 aliphatic rings. The van der Waals surface area contributed by atoms with Crippen molar-refractivity contribution in [2.24, 2.45) is 0 Å². The number of hydrogen-bond acceptors (Lipinski definition) is 4. The molecule has 4 rings (SSSR count). The number of likely N-dealkylation sites (tertiary alicyclic amines) is 1. The third-order valence-electron chi connectivity index (χ3n) is 4.63. The molecule has 28 heavy (non-hydrogen) atoms. The number of carbonyl (C=O) groups is 1. The highest BCUT2D eigenvalue weighted by Gasteiger charge is 2.43. The van der Waals surface area contributed by atoms with Crippen molar-refractivity contribution in [1.29, 1.82) is 0 Å². The number of aromatic nitrogens is 4. The van der Waals surface area contributed by atoms with E-state index >= 15 is 0 Å². The van der Waals surface area contributed by atoms with Gasteiger partial charge in [0, 0.05) is 39.1 Å². The number of piperidine rings is 1. The second kappa shape index (κ2) is 7.14. The van der Waals surface area contributed by atoms with Crippen LogP contribution in [0.5, 0.6) is 0 Å². The predicted octanol–water partition coefficient (Wildman–Crippen LogP) is 4.22. The Morgan fingerprint density at radius 2 is 1.93 bits per heavy atom. The first-order chi connectivity index (χ1) is 13.2. The van der Waals surface area contributed by atoms with E-state index < -0.39 is 24.3 Å². The molecule has 6 nitrogen and oxygen atoms in total. The monoisotopic (exact) mass is 513 g/mol. The van der Waals surface area contributed by atoms with Crippen LogP contribution in [0.4, 0.5) is 8.78 Å². The number of fused-ring (bicyclic) bond motifs is 1. The smallest absolute Gasteiger partial charge is 0.266 e. The topological polar surface area (TPSA) is 63.4 Å². The predicted molar refractivity (Wildman–Crippen MR) is 106 cm³/mol. The molecule has 1 atom stereocenters. The Morgan fingerprint density at radius 1 is 1.21 bits per heavy atom. The van der Waals surface area contributed by atoms with Gasteiger partial charge in [-0.05, 0) is 31.2 Å². The number of alkyl halides is 2. The van der Waals surface area contributed by atoms with E-state index in [0.29, 0.717) is 31.7 Å². The summed E-state index contributed by atoms with van der Waals surface area (Å²) >= 11 is 6.67. The lowest BCUT2D eigenvalue weighted by Crippen LogP contribution is -2.49. The highest BCUT2D eigenvalue weighted by atomic mass is 79.9. The number of nitrogens with zero attached hydrogens (tertiary/aromatic N) is 5. The maximum absolute atomic E-state index is 14.6. The lowest BCUT2D eigenvalue weighted by atomic mass is 9.91.